The second kappa shape index (κ2) is 10.7. The normalized spacial score (nSPS) is 10.3. The number of hydrogen-bond acceptors (Lipinski definition) is 7. The van der Waals surface area contributed by atoms with Gasteiger partial charge in [0.1, 0.15) is 0 Å². The monoisotopic (exact) mass is 363 g/mol. The van der Waals surface area contributed by atoms with Gasteiger partial charge in [-0.2, -0.15) is 0 Å². The summed E-state index contributed by atoms with van der Waals surface area (Å²) in [7, 11) is 1.31. The Morgan fingerprint density at radius 3 is 2.31 bits per heavy atom. The Labute approximate surface area is 151 Å². The molecule has 0 saturated heterocycles. The molecule has 0 aromatic heterocycles. The van der Waals surface area contributed by atoms with Gasteiger partial charge in [0.15, 0.2) is 11.5 Å². The molecule has 1 rings (SSSR count). The van der Waals surface area contributed by atoms with Crippen LogP contribution in [0.25, 0.3) is 6.08 Å². The average Bonchev–Trinajstić information content (AvgIpc) is 2.57. The number of nitrogens with one attached hydrogen (secondary N) is 1. The highest BCUT2D eigenvalue weighted by Crippen LogP contribution is 2.29. The van der Waals surface area contributed by atoms with Crippen LogP contribution in [-0.2, 0) is 23.9 Å². The summed E-state index contributed by atoms with van der Waals surface area (Å²) in [4.78, 5) is 44.9. The summed E-state index contributed by atoms with van der Waals surface area (Å²) in [6.45, 7) is 2.79. The van der Waals surface area contributed by atoms with Crippen molar-refractivity contribution in [3.8, 4) is 11.5 Å². The van der Waals surface area contributed by atoms with Gasteiger partial charge < -0.3 is 19.5 Å². The Balaban J connectivity index is 2.68. The lowest BCUT2D eigenvalue weighted by Crippen LogP contribution is -2.22. The molecule has 140 valence electrons. The zero-order chi connectivity index (χ0) is 19.5. The van der Waals surface area contributed by atoms with Crippen LogP contribution >= 0.6 is 0 Å². The van der Waals surface area contributed by atoms with Crippen molar-refractivity contribution in [2.45, 2.75) is 26.7 Å². The Bertz CT molecular complexity index is 709. The number of ether oxygens (including phenoxy) is 3. The molecule has 0 aliphatic rings. The third kappa shape index (κ3) is 8.09. The van der Waals surface area contributed by atoms with Gasteiger partial charge in [-0.25, -0.2) is 0 Å². The highest BCUT2D eigenvalue weighted by atomic mass is 16.6. The van der Waals surface area contributed by atoms with E-state index in [1.807, 2.05) is 0 Å². The molecule has 1 aromatic carbocycles. The Kier molecular flexibility index (Phi) is 8.56. The smallest absolute Gasteiger partial charge is 0.308 e. The molecule has 0 atom stereocenters. The van der Waals surface area contributed by atoms with E-state index in [4.69, 9.17) is 9.47 Å². The van der Waals surface area contributed by atoms with E-state index in [-0.39, 0.29) is 29.8 Å². The summed E-state index contributed by atoms with van der Waals surface area (Å²) >= 11 is 0. The molecule has 1 amide bonds. The lowest BCUT2D eigenvalue weighted by molar-refractivity contribution is -0.140. The van der Waals surface area contributed by atoms with Gasteiger partial charge in [-0.3, -0.25) is 19.2 Å². The number of esters is 3. The quantitative estimate of drug-likeness (QED) is 0.323. The number of benzene rings is 1. The average molecular weight is 363 g/mol. The van der Waals surface area contributed by atoms with Gasteiger partial charge in [-0.1, -0.05) is 6.07 Å². The fourth-order valence-electron chi connectivity index (χ4n) is 1.88. The number of carbonyl (C=O) groups is 4. The number of carbonyl (C=O) groups excluding carboxylic acids is 4. The van der Waals surface area contributed by atoms with Crippen molar-refractivity contribution in [2.24, 2.45) is 0 Å². The van der Waals surface area contributed by atoms with E-state index in [0.29, 0.717) is 18.5 Å². The molecule has 1 aromatic rings. The van der Waals surface area contributed by atoms with Crippen molar-refractivity contribution in [2.75, 3.05) is 13.7 Å². The van der Waals surface area contributed by atoms with Gasteiger partial charge in [0.25, 0.3) is 0 Å². The zero-order valence-electron chi connectivity index (χ0n) is 14.9. The molecular weight excluding hydrogens is 342 g/mol. The second-order valence-electron chi connectivity index (χ2n) is 5.20. The Morgan fingerprint density at radius 1 is 1.04 bits per heavy atom. The molecule has 0 fully saturated rings. The zero-order valence-corrected chi connectivity index (χ0v) is 14.9. The SMILES string of the molecule is COC(=O)CCCNC(=O)/C=C/c1ccc(OC(C)=O)c(OC(C)=O)c1. The van der Waals surface area contributed by atoms with Crippen LogP contribution in [0, 0.1) is 0 Å². The van der Waals surface area contributed by atoms with Crippen molar-refractivity contribution in [1.29, 1.82) is 0 Å². The van der Waals surface area contributed by atoms with E-state index >= 15 is 0 Å². The van der Waals surface area contributed by atoms with E-state index in [1.54, 1.807) is 6.07 Å². The summed E-state index contributed by atoms with van der Waals surface area (Å²) < 4.78 is 14.5. The first-order valence-corrected chi connectivity index (χ1v) is 7.85. The first kappa shape index (κ1) is 20.9. The minimum atomic E-state index is -0.567. The molecule has 0 saturated carbocycles. The lowest BCUT2D eigenvalue weighted by atomic mass is 10.2. The van der Waals surface area contributed by atoms with Crippen LogP contribution in [0.15, 0.2) is 24.3 Å². The van der Waals surface area contributed by atoms with Gasteiger partial charge in [0.2, 0.25) is 5.91 Å². The molecule has 8 nitrogen and oxygen atoms in total. The molecule has 0 heterocycles. The molecule has 26 heavy (non-hydrogen) atoms. The minimum absolute atomic E-state index is 0.0772. The molecule has 0 bridgehead atoms. The maximum absolute atomic E-state index is 11.7. The van der Waals surface area contributed by atoms with Crippen molar-refractivity contribution >= 4 is 29.9 Å². The third-order valence-electron chi connectivity index (χ3n) is 2.99. The molecular formula is C18H21NO7. The number of methoxy groups -OCH3 is 1. The fourth-order valence-corrected chi connectivity index (χ4v) is 1.88. The predicted molar refractivity (Wildman–Crippen MR) is 92.4 cm³/mol. The minimum Gasteiger partial charge on any atom is -0.469 e. The van der Waals surface area contributed by atoms with Gasteiger partial charge in [0.05, 0.1) is 7.11 Å². The molecule has 0 radical (unpaired) electrons. The summed E-state index contributed by atoms with van der Waals surface area (Å²) in [6, 6.07) is 4.54. The molecule has 0 unspecified atom stereocenters. The van der Waals surface area contributed by atoms with Gasteiger partial charge in [0, 0.05) is 32.9 Å². The molecule has 8 heteroatoms. The predicted octanol–water partition coefficient (Wildman–Crippen LogP) is 1.62. The maximum atomic E-state index is 11.7. The van der Waals surface area contributed by atoms with Crippen molar-refractivity contribution in [3.05, 3.63) is 29.8 Å². The Hall–Kier alpha value is -3.16. The third-order valence-corrected chi connectivity index (χ3v) is 2.99. The molecule has 1 N–H and O–H groups in total. The van der Waals surface area contributed by atoms with E-state index in [9.17, 15) is 19.2 Å². The van der Waals surface area contributed by atoms with E-state index < -0.39 is 11.9 Å². The Morgan fingerprint density at radius 2 is 1.69 bits per heavy atom. The fraction of sp³-hybridized carbons (Fsp3) is 0.333. The van der Waals surface area contributed by atoms with Crippen LogP contribution in [0.5, 0.6) is 11.5 Å². The van der Waals surface area contributed by atoms with Gasteiger partial charge >= 0.3 is 17.9 Å². The van der Waals surface area contributed by atoms with E-state index in [2.05, 4.69) is 10.1 Å². The molecule has 0 spiro atoms. The van der Waals surface area contributed by atoms with Crippen molar-refractivity contribution in [1.82, 2.24) is 5.32 Å². The van der Waals surface area contributed by atoms with Crippen LogP contribution in [0.4, 0.5) is 0 Å². The van der Waals surface area contributed by atoms with E-state index in [1.165, 1.54) is 45.2 Å². The molecule has 0 aliphatic carbocycles. The first-order valence-electron chi connectivity index (χ1n) is 7.85. The second-order valence-corrected chi connectivity index (χ2v) is 5.20. The van der Waals surface area contributed by atoms with Crippen LogP contribution < -0.4 is 14.8 Å². The first-order chi connectivity index (χ1) is 12.3. The van der Waals surface area contributed by atoms with Crippen LogP contribution in [0.1, 0.15) is 32.3 Å². The summed E-state index contributed by atoms with van der Waals surface area (Å²) in [5.74, 6) is -1.60. The number of amides is 1. The highest BCUT2D eigenvalue weighted by Gasteiger charge is 2.10. The lowest BCUT2D eigenvalue weighted by Gasteiger charge is -2.09. The van der Waals surface area contributed by atoms with Crippen LogP contribution in [0.2, 0.25) is 0 Å². The summed E-state index contributed by atoms with van der Waals surface area (Å²) in [5.41, 5.74) is 0.571. The summed E-state index contributed by atoms with van der Waals surface area (Å²) in [5, 5.41) is 2.63. The largest absolute Gasteiger partial charge is 0.469 e. The van der Waals surface area contributed by atoms with Gasteiger partial charge in [-0.15, -0.1) is 0 Å². The van der Waals surface area contributed by atoms with Gasteiger partial charge in [-0.05, 0) is 30.2 Å². The van der Waals surface area contributed by atoms with Crippen LogP contribution in [0.3, 0.4) is 0 Å². The standard InChI is InChI=1S/C18H21NO7/c1-12(20)25-15-8-6-14(11-16(15)26-13(2)21)7-9-17(22)19-10-4-5-18(23)24-3/h6-9,11H,4-5,10H2,1-3H3,(H,19,22)/b9-7+. The highest BCUT2D eigenvalue weighted by molar-refractivity contribution is 5.91. The van der Waals surface area contributed by atoms with E-state index in [0.717, 1.165) is 0 Å². The van der Waals surface area contributed by atoms with Crippen molar-refractivity contribution < 1.29 is 33.4 Å². The molecule has 0 aliphatic heterocycles. The summed E-state index contributed by atoms with van der Waals surface area (Å²) in [6.07, 6.45) is 3.51. The van der Waals surface area contributed by atoms with Crippen LogP contribution in [-0.4, -0.2) is 37.5 Å². The maximum Gasteiger partial charge on any atom is 0.308 e. The number of hydrogen-bond donors (Lipinski definition) is 1. The topological polar surface area (TPSA) is 108 Å². The number of rotatable bonds is 8. The van der Waals surface area contributed by atoms with Crippen molar-refractivity contribution in [3.63, 3.8) is 0 Å².